The summed E-state index contributed by atoms with van der Waals surface area (Å²) >= 11 is 0. The number of carbonyl (C=O) groups is 2. The van der Waals surface area contributed by atoms with Crippen molar-refractivity contribution in [3.63, 3.8) is 0 Å². The number of rotatable bonds is 0. The van der Waals surface area contributed by atoms with Gasteiger partial charge in [0.15, 0.2) is 0 Å². The molecule has 0 fully saturated rings. The van der Waals surface area contributed by atoms with E-state index in [9.17, 15) is 19.2 Å². The largest absolute Gasteiger partial charge is 0.595 e. The van der Waals surface area contributed by atoms with Gasteiger partial charge in [0.1, 0.15) is 13.2 Å². The Hall–Kier alpha value is -3.17. The Morgan fingerprint density at radius 3 is 1.02 bits per heavy atom. The maximum absolute atomic E-state index is 12.1. The topological polar surface area (TPSA) is 169 Å². The second-order valence-corrected chi connectivity index (χ2v) is 11.2. The first-order chi connectivity index (χ1) is 18.5. The molecular weight excluding hydrogens is 560 g/mol. The number of ketones is 4. The summed E-state index contributed by atoms with van der Waals surface area (Å²) in [6.45, 7) is 15.7. The smallest absolute Gasteiger partial charge is 0.368 e. The van der Waals surface area contributed by atoms with Crippen LogP contribution in [0.15, 0.2) is 71.2 Å². The van der Waals surface area contributed by atoms with E-state index in [4.69, 9.17) is 20.4 Å². The summed E-state index contributed by atoms with van der Waals surface area (Å²) in [5.74, 6) is -0.278. The first-order valence-corrected chi connectivity index (χ1v) is 13.1. The van der Waals surface area contributed by atoms with Crippen molar-refractivity contribution in [2.45, 2.75) is 55.4 Å². The number of carbonyl (C=O) groups excluding carboxylic acids is 4. The van der Waals surface area contributed by atoms with Crippen LogP contribution in [0.4, 0.5) is 0 Å². The molecule has 41 heavy (non-hydrogen) atoms. The van der Waals surface area contributed by atoms with Crippen LogP contribution in [0.1, 0.15) is 87.2 Å². The molecule has 0 spiro atoms. The Bertz CT molecular complexity index is 1160. The van der Waals surface area contributed by atoms with Gasteiger partial charge < -0.3 is 20.4 Å². The van der Waals surface area contributed by atoms with Gasteiger partial charge in [-0.2, -0.15) is 0 Å². The van der Waals surface area contributed by atoms with Gasteiger partial charge in [0.05, 0.1) is 22.0 Å². The molecule has 2 aromatic carbocycles. The third kappa shape index (κ3) is 8.91. The monoisotopic (exact) mass is 606 g/mol. The van der Waals surface area contributed by atoms with Gasteiger partial charge in [0, 0.05) is 46.7 Å². The zero-order chi connectivity index (χ0) is 31.0. The number of fused-ring (bicyclic) bond motifs is 2. The first-order valence-electron chi connectivity index (χ1n) is 13.1. The van der Waals surface area contributed by atoms with Gasteiger partial charge in [-0.25, -0.2) is 0 Å². The molecule has 0 aliphatic heterocycles. The van der Waals surface area contributed by atoms with E-state index in [-0.39, 0.29) is 67.5 Å². The second-order valence-electron chi connectivity index (χ2n) is 11.2. The van der Waals surface area contributed by atoms with E-state index in [1.807, 2.05) is 41.5 Å². The van der Waals surface area contributed by atoms with E-state index in [0.717, 1.165) is 0 Å². The van der Waals surface area contributed by atoms with Crippen LogP contribution in [-0.2, 0) is 21.7 Å². The molecular formula is C32H46O8Ti+6. The summed E-state index contributed by atoms with van der Waals surface area (Å²) in [5.41, 5.74) is 1.38. The summed E-state index contributed by atoms with van der Waals surface area (Å²) in [5, 5.41) is 28.5. The molecule has 0 atom stereocenters. The van der Waals surface area contributed by atoms with E-state index in [1.54, 1.807) is 62.4 Å². The standard InChI is InChI=1S/2C14H14O3.2C2H6O.Ti/c2*1-14(2,3)13(17)10-11(15)8-6-4-5-7-9(8)12(10)16;2*1-2-3;/h2*4-7,17H,1-3H3;2*3H,2H2,1H3;/p+6. The summed E-state index contributed by atoms with van der Waals surface area (Å²) in [6, 6.07) is 13.8. The molecule has 0 heterocycles. The Balaban J connectivity index is 0.000000642. The molecule has 0 saturated heterocycles. The van der Waals surface area contributed by atoms with Gasteiger partial charge in [-0.3, -0.25) is 19.2 Å². The average molecular weight is 607 g/mol. The van der Waals surface area contributed by atoms with Crippen LogP contribution in [0, 0.1) is 10.8 Å². The molecule has 9 heteroatoms. The minimum atomic E-state index is -0.457. The zero-order valence-corrected chi connectivity index (χ0v) is 26.8. The molecule has 0 unspecified atom stereocenters. The molecule has 220 valence electrons. The third-order valence-electron chi connectivity index (χ3n) is 5.78. The predicted octanol–water partition coefficient (Wildman–Crippen LogP) is 3.06. The van der Waals surface area contributed by atoms with E-state index >= 15 is 0 Å². The first kappa shape index (κ1) is 37.8. The summed E-state index contributed by atoms with van der Waals surface area (Å²) in [7, 11) is 0. The fraction of sp³-hybridized carbons (Fsp3) is 0.375. The molecule has 10 N–H and O–H groups in total. The number of Topliss-reactive ketones (excluding diaryl/α,β-unsaturated/α-hetero) is 2. The maximum Gasteiger partial charge on any atom is 0.368 e. The molecule has 0 bridgehead atoms. The van der Waals surface area contributed by atoms with Crippen LogP contribution < -0.4 is 0 Å². The molecule has 2 aliphatic carbocycles. The second kappa shape index (κ2) is 15.7. The van der Waals surface area contributed by atoms with E-state index in [2.05, 4.69) is 0 Å². The normalized spacial score (nSPS) is 16.0. The summed E-state index contributed by atoms with van der Waals surface area (Å²) in [6.07, 6.45) is 0. The Morgan fingerprint density at radius 1 is 0.610 bits per heavy atom. The molecule has 0 aromatic heterocycles. The minimum absolute atomic E-state index is 0. The Labute approximate surface area is 256 Å². The average Bonchev–Trinajstić information content (AvgIpc) is 3.28. The molecule has 0 radical (unpaired) electrons. The molecule has 0 amide bonds. The molecule has 0 saturated carbocycles. The van der Waals surface area contributed by atoms with Gasteiger partial charge in [0.2, 0.25) is 22.7 Å². The van der Waals surface area contributed by atoms with Crippen molar-refractivity contribution in [3.8, 4) is 0 Å². The van der Waals surface area contributed by atoms with Crippen LogP contribution in [0.25, 0.3) is 0 Å². The van der Waals surface area contributed by atoms with Gasteiger partial charge >= 0.3 is 11.6 Å². The van der Waals surface area contributed by atoms with Crippen molar-refractivity contribution in [2.75, 3.05) is 13.2 Å². The quantitative estimate of drug-likeness (QED) is 0.148. The van der Waals surface area contributed by atoms with Gasteiger partial charge in [-0.15, -0.1) is 0 Å². The fourth-order valence-corrected chi connectivity index (χ4v) is 3.74. The zero-order valence-electron chi connectivity index (χ0n) is 25.2. The van der Waals surface area contributed by atoms with Crippen molar-refractivity contribution in [3.05, 3.63) is 93.4 Å². The van der Waals surface area contributed by atoms with Gasteiger partial charge in [0.25, 0.3) is 11.5 Å². The van der Waals surface area contributed by atoms with Crippen LogP contribution >= 0.6 is 0 Å². The number of benzene rings is 2. The summed E-state index contributed by atoms with van der Waals surface area (Å²) in [4.78, 5) is 44.4. The third-order valence-corrected chi connectivity index (χ3v) is 5.78. The molecule has 2 aliphatic rings. The SMILES string of the molecule is CC(C)(C)C([OH2+])=C1C(=O)c2ccccc2C1=[OH+].CC(C)(C)C([OH2+])=C1C(=O)c2ccccc2C1=[OH+].CC[OH2+].CC[OH2+].[Ti]. The predicted molar refractivity (Wildman–Crippen MR) is 162 cm³/mol. The molecule has 2 aromatic rings. The molecule has 8 nitrogen and oxygen atoms in total. The molecule has 4 rings (SSSR count). The van der Waals surface area contributed by atoms with Crippen molar-refractivity contribution in [1.29, 1.82) is 0 Å². The van der Waals surface area contributed by atoms with E-state index in [1.165, 1.54) is 0 Å². The van der Waals surface area contributed by atoms with Gasteiger partial charge in [-0.05, 0) is 53.7 Å². The van der Waals surface area contributed by atoms with Crippen molar-refractivity contribution in [2.24, 2.45) is 10.8 Å². The summed E-state index contributed by atoms with van der Waals surface area (Å²) < 4.78 is 0. The number of hydrogen-bond donors (Lipinski definition) is 0. The Morgan fingerprint density at radius 2 is 0.829 bits per heavy atom. The van der Waals surface area contributed by atoms with Crippen molar-refractivity contribution < 1.29 is 61.3 Å². The van der Waals surface area contributed by atoms with Crippen molar-refractivity contribution >= 4 is 23.1 Å². The van der Waals surface area contributed by atoms with Gasteiger partial charge in [-0.1, -0.05) is 36.4 Å². The minimum Gasteiger partial charge on any atom is -0.595 e. The fourth-order valence-electron chi connectivity index (χ4n) is 3.74. The van der Waals surface area contributed by atoms with Crippen LogP contribution in [0.3, 0.4) is 0 Å². The van der Waals surface area contributed by atoms with E-state index in [0.29, 0.717) is 35.5 Å². The number of hydrogen-bond acceptors (Lipinski definition) is 2. The number of allylic oxidation sites excluding steroid dienone is 4. The maximum atomic E-state index is 12.1. The van der Waals surface area contributed by atoms with Crippen LogP contribution in [0.2, 0.25) is 0 Å². The van der Waals surface area contributed by atoms with Crippen LogP contribution in [0.5, 0.6) is 0 Å². The van der Waals surface area contributed by atoms with Crippen molar-refractivity contribution in [1.82, 2.24) is 0 Å². The van der Waals surface area contributed by atoms with E-state index < -0.39 is 10.8 Å². The Kier molecular flexibility index (Phi) is 14.5. The van der Waals surface area contributed by atoms with Crippen LogP contribution in [-0.4, -0.2) is 66.4 Å².